The zero-order valence-corrected chi connectivity index (χ0v) is 10.8. The van der Waals surface area contributed by atoms with Crippen LogP contribution in [0.2, 0.25) is 0 Å². The van der Waals surface area contributed by atoms with Crippen LogP contribution >= 0.6 is 11.3 Å². The van der Waals surface area contributed by atoms with Crippen molar-refractivity contribution in [2.45, 2.75) is 25.2 Å². The quantitative estimate of drug-likeness (QED) is 0.920. The van der Waals surface area contributed by atoms with Gasteiger partial charge in [-0.3, -0.25) is 0 Å². The van der Waals surface area contributed by atoms with Crippen molar-refractivity contribution < 1.29 is 9.90 Å². The second-order valence-electron chi connectivity index (χ2n) is 4.68. The lowest BCUT2D eigenvalue weighted by atomic mass is 9.97. The van der Waals surface area contributed by atoms with Crippen LogP contribution < -0.4 is 0 Å². The van der Waals surface area contributed by atoms with Crippen molar-refractivity contribution >= 4 is 17.3 Å². The van der Waals surface area contributed by atoms with Gasteiger partial charge in [0.2, 0.25) is 0 Å². The molecule has 4 heteroatoms. The van der Waals surface area contributed by atoms with Gasteiger partial charge in [0, 0.05) is 10.3 Å². The van der Waals surface area contributed by atoms with Crippen molar-refractivity contribution in [2.24, 2.45) is 0 Å². The first-order chi connectivity index (χ1) is 8.63. The van der Waals surface area contributed by atoms with Crippen LogP contribution in [0.15, 0.2) is 30.3 Å². The van der Waals surface area contributed by atoms with Gasteiger partial charge >= 0.3 is 5.97 Å². The van der Waals surface area contributed by atoms with Gasteiger partial charge in [0.15, 0.2) is 5.69 Å². The summed E-state index contributed by atoms with van der Waals surface area (Å²) in [5.74, 6) is -0.932. The molecule has 0 atom stereocenters. The summed E-state index contributed by atoms with van der Waals surface area (Å²) in [4.78, 5) is 16.2. The Morgan fingerprint density at radius 1 is 1.33 bits per heavy atom. The predicted molar refractivity (Wildman–Crippen MR) is 70.3 cm³/mol. The summed E-state index contributed by atoms with van der Waals surface area (Å²) in [5.41, 5.74) is 1.43. The van der Waals surface area contributed by atoms with Crippen LogP contribution in [0.3, 0.4) is 0 Å². The minimum absolute atomic E-state index is 0.0234. The molecule has 0 unspecified atom stereocenters. The van der Waals surface area contributed by atoms with Crippen molar-refractivity contribution in [1.82, 2.24) is 4.98 Å². The Morgan fingerprint density at radius 2 is 2.00 bits per heavy atom. The second kappa shape index (κ2) is 3.92. The zero-order valence-electron chi connectivity index (χ0n) is 10.0. The van der Waals surface area contributed by atoms with Crippen molar-refractivity contribution in [2.75, 3.05) is 0 Å². The third-order valence-corrected chi connectivity index (χ3v) is 4.66. The summed E-state index contributed by atoms with van der Waals surface area (Å²) in [6.07, 6.45) is 2.12. The summed E-state index contributed by atoms with van der Waals surface area (Å²) in [6, 6.07) is 10.2. The summed E-state index contributed by atoms with van der Waals surface area (Å²) in [7, 11) is 0. The topological polar surface area (TPSA) is 50.2 Å². The highest BCUT2D eigenvalue weighted by molar-refractivity contribution is 7.12. The van der Waals surface area contributed by atoms with Crippen LogP contribution in [0.25, 0.3) is 0 Å². The van der Waals surface area contributed by atoms with Gasteiger partial charge < -0.3 is 5.11 Å². The van der Waals surface area contributed by atoms with Gasteiger partial charge in [0.1, 0.15) is 5.01 Å². The lowest BCUT2D eigenvalue weighted by molar-refractivity contribution is 0.0690. The molecule has 1 fully saturated rings. The highest BCUT2D eigenvalue weighted by Crippen LogP contribution is 2.54. The molecule has 1 N–H and O–H groups in total. The average Bonchev–Trinajstić information content (AvgIpc) is 3.08. The van der Waals surface area contributed by atoms with E-state index in [4.69, 9.17) is 5.11 Å². The first kappa shape index (κ1) is 11.4. The molecule has 18 heavy (non-hydrogen) atoms. The number of aromatic nitrogens is 1. The number of nitrogens with zero attached hydrogens (tertiary/aromatic N) is 1. The molecule has 3 nitrogen and oxygen atoms in total. The molecule has 1 saturated carbocycles. The van der Waals surface area contributed by atoms with Crippen molar-refractivity contribution in [3.05, 3.63) is 51.5 Å². The van der Waals surface area contributed by atoms with Gasteiger partial charge in [-0.2, -0.15) is 0 Å². The summed E-state index contributed by atoms with van der Waals surface area (Å²) < 4.78 is 0. The molecular weight excluding hydrogens is 246 g/mol. The second-order valence-corrected chi connectivity index (χ2v) is 5.88. The van der Waals surface area contributed by atoms with E-state index in [0.717, 1.165) is 22.7 Å². The monoisotopic (exact) mass is 259 g/mol. The van der Waals surface area contributed by atoms with Crippen molar-refractivity contribution in [1.29, 1.82) is 0 Å². The van der Waals surface area contributed by atoms with Gasteiger partial charge in [-0.1, -0.05) is 30.3 Å². The zero-order chi connectivity index (χ0) is 12.8. The normalized spacial score (nSPS) is 16.5. The van der Waals surface area contributed by atoms with E-state index in [1.54, 1.807) is 0 Å². The number of carboxylic acids is 1. The van der Waals surface area contributed by atoms with Crippen LogP contribution in [0.5, 0.6) is 0 Å². The molecule has 1 aromatic heterocycles. The van der Waals surface area contributed by atoms with Crippen molar-refractivity contribution in [3.8, 4) is 0 Å². The van der Waals surface area contributed by atoms with E-state index in [0.29, 0.717) is 0 Å². The number of hydrogen-bond acceptors (Lipinski definition) is 3. The molecule has 3 rings (SSSR count). The van der Waals surface area contributed by atoms with E-state index in [1.165, 1.54) is 16.9 Å². The van der Waals surface area contributed by atoms with Gasteiger partial charge in [0.05, 0.1) is 0 Å². The summed E-state index contributed by atoms with van der Waals surface area (Å²) in [6.45, 7) is 1.83. The van der Waals surface area contributed by atoms with E-state index in [9.17, 15) is 4.79 Å². The Labute approximate surface area is 109 Å². The lowest BCUT2D eigenvalue weighted by Gasteiger charge is -2.11. The molecule has 1 aromatic carbocycles. The minimum atomic E-state index is -0.932. The number of aromatic carboxylic acids is 1. The van der Waals surface area contributed by atoms with Crippen LogP contribution in [0, 0.1) is 6.92 Å². The van der Waals surface area contributed by atoms with Gasteiger partial charge in [-0.25, -0.2) is 9.78 Å². The molecule has 92 valence electrons. The average molecular weight is 259 g/mol. The van der Waals surface area contributed by atoms with Crippen molar-refractivity contribution in [3.63, 3.8) is 0 Å². The van der Waals surface area contributed by atoms with Crippen LogP contribution in [-0.4, -0.2) is 16.1 Å². The first-order valence-corrected chi connectivity index (χ1v) is 6.72. The highest BCUT2D eigenvalue weighted by atomic mass is 32.1. The van der Waals surface area contributed by atoms with Crippen LogP contribution in [0.4, 0.5) is 0 Å². The van der Waals surface area contributed by atoms with Crippen LogP contribution in [0.1, 0.15) is 38.8 Å². The van der Waals surface area contributed by atoms with Gasteiger partial charge in [-0.15, -0.1) is 11.3 Å². The lowest BCUT2D eigenvalue weighted by Crippen LogP contribution is -2.09. The Hall–Kier alpha value is -1.68. The number of thiazole rings is 1. The maximum absolute atomic E-state index is 11.1. The molecule has 0 radical (unpaired) electrons. The molecule has 0 spiro atoms. The standard InChI is InChI=1S/C14H13NO2S/c1-9-11(12(16)17)15-13(18-9)14(7-8-14)10-5-3-2-4-6-10/h2-6H,7-8H2,1H3,(H,16,17). The molecule has 0 aliphatic heterocycles. The molecule has 1 aliphatic carbocycles. The Bertz CT molecular complexity index is 600. The predicted octanol–water partition coefficient (Wildman–Crippen LogP) is 3.23. The SMILES string of the molecule is Cc1sc(C2(c3ccccc3)CC2)nc1C(=O)O. The van der Waals surface area contributed by atoms with E-state index in [1.807, 2.05) is 25.1 Å². The smallest absolute Gasteiger partial charge is 0.355 e. The summed E-state index contributed by atoms with van der Waals surface area (Å²) >= 11 is 1.52. The van der Waals surface area contributed by atoms with Gasteiger partial charge in [0.25, 0.3) is 0 Å². The molecule has 0 saturated heterocycles. The van der Waals surface area contributed by atoms with E-state index in [2.05, 4.69) is 17.1 Å². The first-order valence-electron chi connectivity index (χ1n) is 5.90. The Balaban J connectivity index is 2.06. The van der Waals surface area contributed by atoms with E-state index >= 15 is 0 Å². The fourth-order valence-corrected chi connectivity index (χ4v) is 3.48. The molecule has 1 heterocycles. The Morgan fingerprint density at radius 3 is 2.50 bits per heavy atom. The third-order valence-electron chi connectivity index (χ3n) is 3.48. The fourth-order valence-electron chi connectivity index (χ4n) is 2.31. The molecule has 0 bridgehead atoms. The number of benzene rings is 1. The number of carboxylic acid groups (broad SMARTS) is 1. The molecule has 0 amide bonds. The maximum atomic E-state index is 11.1. The van der Waals surface area contributed by atoms with Gasteiger partial charge in [-0.05, 0) is 25.3 Å². The molecule has 2 aromatic rings. The van der Waals surface area contributed by atoms with Crippen LogP contribution in [-0.2, 0) is 5.41 Å². The minimum Gasteiger partial charge on any atom is -0.476 e. The maximum Gasteiger partial charge on any atom is 0.355 e. The largest absolute Gasteiger partial charge is 0.476 e. The third kappa shape index (κ3) is 1.64. The summed E-state index contributed by atoms with van der Waals surface area (Å²) in [5, 5.41) is 10.0. The number of aryl methyl sites for hydroxylation is 1. The number of hydrogen-bond donors (Lipinski definition) is 1. The van der Waals surface area contributed by atoms with E-state index < -0.39 is 5.97 Å². The van der Waals surface area contributed by atoms with E-state index in [-0.39, 0.29) is 11.1 Å². The molecular formula is C14H13NO2S. The number of rotatable bonds is 3. The number of carbonyl (C=O) groups is 1. The highest BCUT2D eigenvalue weighted by Gasteiger charge is 2.48. The Kier molecular flexibility index (Phi) is 2.48. The molecule has 1 aliphatic rings. The fraction of sp³-hybridized carbons (Fsp3) is 0.286.